The van der Waals surface area contributed by atoms with Crippen LogP contribution in [0.2, 0.25) is 0 Å². The Bertz CT molecular complexity index is 503. The van der Waals surface area contributed by atoms with Crippen molar-refractivity contribution in [2.75, 3.05) is 11.9 Å². The van der Waals surface area contributed by atoms with Gasteiger partial charge in [0.1, 0.15) is 11.9 Å². The van der Waals surface area contributed by atoms with Crippen molar-refractivity contribution < 1.29 is 13.2 Å². The van der Waals surface area contributed by atoms with Crippen LogP contribution in [0.3, 0.4) is 0 Å². The number of hydrogen-bond donors (Lipinski definition) is 1. The average molecular weight is 269 g/mol. The third kappa shape index (κ3) is 3.60. The van der Waals surface area contributed by atoms with Gasteiger partial charge in [0.25, 0.3) is 0 Å². The van der Waals surface area contributed by atoms with Gasteiger partial charge in [0.2, 0.25) is 0 Å². The second-order valence-electron chi connectivity index (χ2n) is 4.60. The van der Waals surface area contributed by atoms with E-state index in [0.717, 1.165) is 36.9 Å². The van der Waals surface area contributed by atoms with Crippen LogP contribution in [0.25, 0.3) is 0 Å². The zero-order valence-electron chi connectivity index (χ0n) is 10.3. The van der Waals surface area contributed by atoms with Gasteiger partial charge in [0.15, 0.2) is 0 Å². The molecular weight excluding hydrogens is 255 g/mol. The van der Waals surface area contributed by atoms with Gasteiger partial charge in [0, 0.05) is 12.2 Å². The fourth-order valence-corrected chi connectivity index (χ4v) is 2.18. The number of hydrogen-bond acceptors (Lipinski definition) is 3. The van der Waals surface area contributed by atoms with Crippen LogP contribution in [0.1, 0.15) is 36.1 Å². The molecule has 1 aliphatic carbocycles. The van der Waals surface area contributed by atoms with E-state index in [9.17, 15) is 13.2 Å². The molecule has 0 saturated carbocycles. The van der Waals surface area contributed by atoms with Crippen molar-refractivity contribution in [1.29, 1.82) is 5.26 Å². The SMILES string of the molecule is N#Cc1cc2c(nc1NCCC(F)(F)F)CCCC2. The number of nitriles is 1. The summed E-state index contributed by atoms with van der Waals surface area (Å²) < 4.78 is 36.3. The minimum absolute atomic E-state index is 0.260. The summed E-state index contributed by atoms with van der Waals surface area (Å²) in [6.07, 6.45) is -1.31. The molecule has 0 atom stereocenters. The van der Waals surface area contributed by atoms with Crippen molar-refractivity contribution in [3.63, 3.8) is 0 Å². The molecule has 0 aliphatic heterocycles. The zero-order chi connectivity index (χ0) is 13.9. The van der Waals surface area contributed by atoms with Crippen molar-refractivity contribution in [2.24, 2.45) is 0 Å². The van der Waals surface area contributed by atoms with E-state index in [1.54, 1.807) is 6.07 Å². The Morgan fingerprint density at radius 3 is 2.74 bits per heavy atom. The number of anilines is 1. The molecule has 19 heavy (non-hydrogen) atoms. The Kier molecular flexibility index (Phi) is 3.93. The van der Waals surface area contributed by atoms with Crippen molar-refractivity contribution in [3.05, 3.63) is 22.9 Å². The molecule has 3 nitrogen and oxygen atoms in total. The number of aromatic nitrogens is 1. The fraction of sp³-hybridized carbons (Fsp3) is 0.538. The number of nitrogens with one attached hydrogen (secondary N) is 1. The molecular formula is C13H14F3N3. The van der Waals surface area contributed by atoms with Gasteiger partial charge in [-0.3, -0.25) is 0 Å². The molecule has 0 spiro atoms. The molecule has 0 unspecified atom stereocenters. The first-order valence-electron chi connectivity index (χ1n) is 6.23. The maximum Gasteiger partial charge on any atom is 0.390 e. The molecule has 0 saturated heterocycles. The quantitative estimate of drug-likeness (QED) is 0.916. The second-order valence-corrected chi connectivity index (χ2v) is 4.60. The standard InChI is InChI=1S/C13H14F3N3/c14-13(15,16)5-6-18-12-10(8-17)7-9-3-1-2-4-11(9)19-12/h7H,1-6H2,(H,18,19). The lowest BCUT2D eigenvalue weighted by Gasteiger charge is -2.17. The average Bonchev–Trinajstić information content (AvgIpc) is 2.36. The summed E-state index contributed by atoms with van der Waals surface area (Å²) >= 11 is 0. The molecule has 1 aromatic heterocycles. The van der Waals surface area contributed by atoms with E-state index in [0.29, 0.717) is 5.56 Å². The lowest BCUT2D eigenvalue weighted by molar-refractivity contribution is -0.131. The van der Waals surface area contributed by atoms with E-state index in [4.69, 9.17) is 5.26 Å². The number of fused-ring (bicyclic) bond motifs is 1. The number of pyridine rings is 1. The van der Waals surface area contributed by atoms with Gasteiger partial charge in [-0.15, -0.1) is 0 Å². The number of halogens is 3. The van der Waals surface area contributed by atoms with Crippen molar-refractivity contribution in [1.82, 2.24) is 4.98 Å². The minimum atomic E-state index is -4.20. The molecule has 6 heteroatoms. The van der Waals surface area contributed by atoms with Crippen molar-refractivity contribution in [2.45, 2.75) is 38.3 Å². The summed E-state index contributed by atoms with van der Waals surface area (Å²) in [5.41, 5.74) is 2.27. The summed E-state index contributed by atoms with van der Waals surface area (Å²) in [7, 11) is 0. The molecule has 102 valence electrons. The van der Waals surface area contributed by atoms with Gasteiger partial charge in [-0.1, -0.05) is 0 Å². The highest BCUT2D eigenvalue weighted by Gasteiger charge is 2.26. The summed E-state index contributed by atoms with van der Waals surface area (Å²) in [5.74, 6) is 0.271. The lowest BCUT2D eigenvalue weighted by atomic mass is 9.95. The normalized spacial score (nSPS) is 14.6. The largest absolute Gasteiger partial charge is 0.390 e. The molecule has 0 bridgehead atoms. The van der Waals surface area contributed by atoms with Crippen LogP contribution in [0, 0.1) is 11.3 Å². The molecule has 0 fully saturated rings. The monoisotopic (exact) mass is 269 g/mol. The van der Waals surface area contributed by atoms with Crippen LogP contribution in [0.15, 0.2) is 6.07 Å². The maximum atomic E-state index is 12.1. The molecule has 1 aliphatic rings. The van der Waals surface area contributed by atoms with Gasteiger partial charge >= 0.3 is 6.18 Å². The Labute approximate surface area is 109 Å². The third-order valence-electron chi connectivity index (χ3n) is 3.12. The number of aryl methyl sites for hydroxylation is 2. The Hall–Kier alpha value is -1.77. The van der Waals surface area contributed by atoms with Gasteiger partial charge in [-0.05, 0) is 37.3 Å². The molecule has 2 rings (SSSR count). The van der Waals surface area contributed by atoms with E-state index in [-0.39, 0.29) is 12.4 Å². The summed E-state index contributed by atoms with van der Waals surface area (Å²) in [6, 6.07) is 3.73. The summed E-state index contributed by atoms with van der Waals surface area (Å²) in [4.78, 5) is 4.30. The first-order chi connectivity index (χ1) is 8.99. The highest BCUT2D eigenvalue weighted by molar-refractivity contribution is 5.54. The third-order valence-corrected chi connectivity index (χ3v) is 3.12. The van der Waals surface area contributed by atoms with Gasteiger partial charge in [0.05, 0.1) is 12.0 Å². The first kappa shape index (κ1) is 13.7. The lowest BCUT2D eigenvalue weighted by Crippen LogP contribution is -2.17. The van der Waals surface area contributed by atoms with E-state index >= 15 is 0 Å². The maximum absolute atomic E-state index is 12.1. The number of nitrogens with zero attached hydrogens (tertiary/aromatic N) is 2. The Morgan fingerprint density at radius 1 is 1.32 bits per heavy atom. The Morgan fingerprint density at radius 2 is 2.05 bits per heavy atom. The molecule has 0 radical (unpaired) electrons. The van der Waals surface area contributed by atoms with Crippen molar-refractivity contribution in [3.8, 4) is 6.07 Å². The second kappa shape index (κ2) is 5.47. The van der Waals surface area contributed by atoms with E-state index in [2.05, 4.69) is 10.3 Å². The predicted octanol–water partition coefficient (Wildman–Crippen LogP) is 3.20. The van der Waals surface area contributed by atoms with E-state index in [1.807, 2.05) is 6.07 Å². The first-order valence-corrected chi connectivity index (χ1v) is 6.23. The fourth-order valence-electron chi connectivity index (χ4n) is 2.18. The zero-order valence-corrected chi connectivity index (χ0v) is 10.3. The Balaban J connectivity index is 2.13. The summed E-state index contributed by atoms with van der Waals surface area (Å²) in [6.45, 7) is -0.260. The van der Waals surface area contributed by atoms with Gasteiger partial charge in [-0.25, -0.2) is 4.98 Å². The molecule has 1 N–H and O–H groups in total. The van der Waals surface area contributed by atoms with E-state index in [1.165, 1.54) is 0 Å². The molecule has 1 heterocycles. The predicted molar refractivity (Wildman–Crippen MR) is 64.8 cm³/mol. The van der Waals surface area contributed by atoms with Crippen LogP contribution in [0.5, 0.6) is 0 Å². The van der Waals surface area contributed by atoms with Crippen molar-refractivity contribution >= 4 is 5.82 Å². The summed E-state index contributed by atoms with van der Waals surface area (Å²) in [5, 5.41) is 11.6. The number of alkyl halides is 3. The molecule has 0 aromatic carbocycles. The van der Waals surface area contributed by atoms with Gasteiger partial charge < -0.3 is 5.32 Å². The van der Waals surface area contributed by atoms with Crippen LogP contribution >= 0.6 is 0 Å². The highest BCUT2D eigenvalue weighted by atomic mass is 19.4. The van der Waals surface area contributed by atoms with Crippen LogP contribution in [-0.4, -0.2) is 17.7 Å². The van der Waals surface area contributed by atoms with Crippen LogP contribution < -0.4 is 5.32 Å². The van der Waals surface area contributed by atoms with E-state index < -0.39 is 12.6 Å². The number of rotatable bonds is 3. The topological polar surface area (TPSA) is 48.7 Å². The minimum Gasteiger partial charge on any atom is -0.369 e. The van der Waals surface area contributed by atoms with Gasteiger partial charge in [-0.2, -0.15) is 18.4 Å². The highest BCUT2D eigenvalue weighted by Crippen LogP contribution is 2.25. The smallest absolute Gasteiger partial charge is 0.369 e. The molecule has 0 amide bonds. The van der Waals surface area contributed by atoms with Crippen LogP contribution in [-0.2, 0) is 12.8 Å². The molecule has 1 aromatic rings. The van der Waals surface area contributed by atoms with Crippen LogP contribution in [0.4, 0.5) is 19.0 Å².